The van der Waals surface area contributed by atoms with Crippen molar-refractivity contribution in [1.82, 2.24) is 20.1 Å². The molecule has 0 spiro atoms. The Morgan fingerprint density at radius 2 is 2.00 bits per heavy atom. The molecular formula is C22H24ClN5O3. The summed E-state index contributed by atoms with van der Waals surface area (Å²) in [6.45, 7) is 4.51. The summed E-state index contributed by atoms with van der Waals surface area (Å²) < 4.78 is 10.9. The maximum Gasteiger partial charge on any atom is 0.251 e. The number of nitrogens with zero attached hydrogens (tertiary/aromatic N) is 5. The summed E-state index contributed by atoms with van der Waals surface area (Å²) in [4.78, 5) is 21.4. The van der Waals surface area contributed by atoms with Gasteiger partial charge >= 0.3 is 0 Å². The zero-order valence-electron chi connectivity index (χ0n) is 17.5. The highest BCUT2D eigenvalue weighted by molar-refractivity contribution is 6.31. The monoisotopic (exact) mass is 441 g/mol. The summed E-state index contributed by atoms with van der Waals surface area (Å²) in [6.07, 6.45) is 2.69. The number of hydrogen-bond acceptors (Lipinski definition) is 7. The number of methoxy groups -OCH3 is 1. The van der Waals surface area contributed by atoms with E-state index in [4.69, 9.17) is 20.8 Å². The first-order valence-corrected chi connectivity index (χ1v) is 10.6. The summed E-state index contributed by atoms with van der Waals surface area (Å²) in [7, 11) is 1.59. The van der Waals surface area contributed by atoms with Crippen LogP contribution in [0.1, 0.15) is 18.4 Å². The summed E-state index contributed by atoms with van der Waals surface area (Å²) in [6, 6.07) is 9.17. The molecule has 0 bridgehead atoms. The van der Waals surface area contributed by atoms with Crippen LogP contribution in [-0.4, -0.2) is 59.3 Å². The molecule has 8 nitrogen and oxygen atoms in total. The number of aromatic nitrogens is 3. The zero-order chi connectivity index (χ0) is 21.8. The van der Waals surface area contributed by atoms with Crippen LogP contribution in [-0.2, 0) is 17.6 Å². The van der Waals surface area contributed by atoms with Gasteiger partial charge in [-0.25, -0.2) is 4.98 Å². The van der Waals surface area contributed by atoms with Gasteiger partial charge in [0.15, 0.2) is 0 Å². The van der Waals surface area contributed by atoms with Crippen molar-refractivity contribution in [3.8, 4) is 17.2 Å². The molecule has 0 aliphatic carbocycles. The molecule has 0 atom stereocenters. The number of carbonyl (C=O) groups excluding carboxylic acids is 1. The Balaban J connectivity index is 1.42. The molecule has 1 saturated heterocycles. The predicted octanol–water partition coefficient (Wildman–Crippen LogP) is 3.25. The number of amides is 1. The Labute approximate surface area is 185 Å². The molecule has 3 aromatic rings. The van der Waals surface area contributed by atoms with Gasteiger partial charge in [0, 0.05) is 43.8 Å². The van der Waals surface area contributed by atoms with Crippen LogP contribution >= 0.6 is 11.6 Å². The van der Waals surface area contributed by atoms with Gasteiger partial charge in [0.05, 0.1) is 19.1 Å². The molecular weight excluding hydrogens is 418 g/mol. The Kier molecular flexibility index (Phi) is 6.36. The van der Waals surface area contributed by atoms with Crippen molar-refractivity contribution in [1.29, 1.82) is 0 Å². The molecule has 162 valence electrons. The van der Waals surface area contributed by atoms with Crippen LogP contribution in [0.5, 0.6) is 5.75 Å². The second-order valence-corrected chi connectivity index (χ2v) is 7.64. The summed E-state index contributed by atoms with van der Waals surface area (Å²) in [5, 5.41) is 8.75. The molecule has 1 amide bonds. The fourth-order valence-electron chi connectivity index (χ4n) is 3.56. The number of carbonyl (C=O) groups is 1. The van der Waals surface area contributed by atoms with Gasteiger partial charge in [0.2, 0.25) is 11.8 Å². The standard InChI is InChI=1S/C22H24ClN5O3/c1-3-19-25-26-22(31-19)17-5-4-8-24-21(17)28-11-9-27(10-12-28)20(29)13-15-6-7-16(30-2)14-18(15)23/h4-8,14H,3,9-13H2,1-2H3. The Morgan fingerprint density at radius 1 is 1.19 bits per heavy atom. The average Bonchev–Trinajstić information content (AvgIpc) is 3.29. The van der Waals surface area contributed by atoms with Crippen molar-refractivity contribution in [3.63, 3.8) is 0 Å². The average molecular weight is 442 g/mol. The van der Waals surface area contributed by atoms with Gasteiger partial charge in [-0.3, -0.25) is 4.79 Å². The maximum absolute atomic E-state index is 12.8. The van der Waals surface area contributed by atoms with E-state index in [1.165, 1.54) is 0 Å². The topological polar surface area (TPSA) is 84.6 Å². The SMILES string of the molecule is CCc1nnc(-c2cccnc2N2CCN(C(=O)Cc3ccc(OC)cc3Cl)CC2)o1. The summed E-state index contributed by atoms with van der Waals surface area (Å²) in [5.41, 5.74) is 1.60. The third kappa shape index (κ3) is 4.64. The lowest BCUT2D eigenvalue weighted by molar-refractivity contribution is -0.130. The maximum atomic E-state index is 12.8. The molecule has 0 N–H and O–H groups in total. The fraction of sp³-hybridized carbons (Fsp3) is 0.364. The van der Waals surface area contributed by atoms with E-state index >= 15 is 0 Å². The molecule has 0 unspecified atom stereocenters. The van der Waals surface area contributed by atoms with Gasteiger partial charge in [-0.1, -0.05) is 24.6 Å². The molecule has 0 saturated carbocycles. The van der Waals surface area contributed by atoms with Crippen LogP contribution in [0.2, 0.25) is 5.02 Å². The highest BCUT2D eigenvalue weighted by Crippen LogP contribution is 2.29. The van der Waals surface area contributed by atoms with Crippen molar-refractivity contribution in [2.75, 3.05) is 38.2 Å². The summed E-state index contributed by atoms with van der Waals surface area (Å²) in [5.74, 6) is 2.58. The fourth-order valence-corrected chi connectivity index (χ4v) is 3.80. The number of benzene rings is 1. The zero-order valence-corrected chi connectivity index (χ0v) is 18.3. The van der Waals surface area contributed by atoms with Crippen molar-refractivity contribution in [2.45, 2.75) is 19.8 Å². The van der Waals surface area contributed by atoms with Gasteiger partial charge in [-0.2, -0.15) is 0 Å². The number of ether oxygens (including phenoxy) is 1. The van der Waals surface area contributed by atoms with Crippen molar-refractivity contribution < 1.29 is 13.9 Å². The van der Waals surface area contributed by atoms with Crippen molar-refractivity contribution in [2.24, 2.45) is 0 Å². The molecule has 4 rings (SSSR count). The third-order valence-corrected chi connectivity index (χ3v) is 5.67. The van der Waals surface area contributed by atoms with Gasteiger partial charge in [-0.05, 0) is 29.8 Å². The lowest BCUT2D eigenvalue weighted by Gasteiger charge is -2.36. The summed E-state index contributed by atoms with van der Waals surface area (Å²) >= 11 is 6.30. The van der Waals surface area contributed by atoms with Gasteiger partial charge in [0.1, 0.15) is 11.6 Å². The smallest absolute Gasteiger partial charge is 0.251 e. The Hall–Kier alpha value is -3.13. The van der Waals surface area contributed by atoms with Gasteiger partial charge in [-0.15, -0.1) is 10.2 Å². The largest absolute Gasteiger partial charge is 0.497 e. The van der Waals surface area contributed by atoms with E-state index in [0.29, 0.717) is 55.2 Å². The lowest BCUT2D eigenvalue weighted by Crippen LogP contribution is -2.49. The number of halogens is 1. The minimum Gasteiger partial charge on any atom is -0.497 e. The van der Waals surface area contributed by atoms with Crippen molar-refractivity contribution >= 4 is 23.3 Å². The van der Waals surface area contributed by atoms with E-state index in [0.717, 1.165) is 16.9 Å². The molecule has 1 aromatic carbocycles. The molecule has 9 heteroatoms. The normalized spacial score (nSPS) is 14.0. The highest BCUT2D eigenvalue weighted by Gasteiger charge is 2.25. The lowest BCUT2D eigenvalue weighted by atomic mass is 10.1. The van der Waals surface area contributed by atoms with Crippen LogP contribution in [0.3, 0.4) is 0 Å². The van der Waals surface area contributed by atoms with Crippen molar-refractivity contribution in [3.05, 3.63) is 53.0 Å². The number of hydrogen-bond donors (Lipinski definition) is 0. The van der Waals surface area contributed by atoms with E-state index in [9.17, 15) is 4.79 Å². The molecule has 1 aliphatic rings. The van der Waals surface area contributed by atoms with E-state index in [2.05, 4.69) is 20.1 Å². The minimum absolute atomic E-state index is 0.0532. The quantitative estimate of drug-likeness (QED) is 0.580. The van der Waals surface area contributed by atoms with Crippen LogP contribution in [0.15, 0.2) is 40.9 Å². The van der Waals surface area contributed by atoms with E-state index in [1.54, 1.807) is 19.4 Å². The highest BCUT2D eigenvalue weighted by atomic mass is 35.5. The van der Waals surface area contributed by atoms with Crippen LogP contribution in [0, 0.1) is 0 Å². The molecule has 31 heavy (non-hydrogen) atoms. The molecule has 2 aromatic heterocycles. The Bertz CT molecular complexity index is 1060. The van der Waals surface area contributed by atoms with Gasteiger partial charge in [0.25, 0.3) is 5.89 Å². The first-order valence-electron chi connectivity index (χ1n) is 10.2. The van der Waals surface area contributed by atoms with Crippen LogP contribution in [0.4, 0.5) is 5.82 Å². The van der Waals surface area contributed by atoms with E-state index in [-0.39, 0.29) is 12.3 Å². The third-order valence-electron chi connectivity index (χ3n) is 5.32. The molecule has 1 aliphatic heterocycles. The molecule has 3 heterocycles. The van der Waals surface area contributed by atoms with E-state index < -0.39 is 0 Å². The number of anilines is 1. The second kappa shape index (κ2) is 9.34. The van der Waals surface area contributed by atoms with Gasteiger partial charge < -0.3 is 19.0 Å². The second-order valence-electron chi connectivity index (χ2n) is 7.23. The first-order chi connectivity index (χ1) is 15.1. The van der Waals surface area contributed by atoms with E-state index in [1.807, 2.05) is 36.1 Å². The number of aryl methyl sites for hydroxylation is 1. The Morgan fingerprint density at radius 3 is 2.68 bits per heavy atom. The molecule has 1 fully saturated rings. The first kappa shape index (κ1) is 21.1. The predicted molar refractivity (Wildman–Crippen MR) is 117 cm³/mol. The minimum atomic E-state index is 0.0532. The number of piperazine rings is 1. The van der Waals surface area contributed by atoms with Crippen LogP contribution in [0.25, 0.3) is 11.5 Å². The number of pyridine rings is 1. The van der Waals surface area contributed by atoms with Crippen LogP contribution < -0.4 is 9.64 Å². The number of rotatable bonds is 6. The molecule has 0 radical (unpaired) electrons.